The maximum absolute atomic E-state index is 12.2. The van der Waals surface area contributed by atoms with Crippen LogP contribution in [0.15, 0.2) is 18.2 Å². The van der Waals surface area contributed by atoms with Gasteiger partial charge in [0.25, 0.3) is 0 Å². The molecule has 0 aliphatic carbocycles. The van der Waals surface area contributed by atoms with Crippen LogP contribution in [0.5, 0.6) is 5.75 Å². The summed E-state index contributed by atoms with van der Waals surface area (Å²) < 4.78 is 5.49. The highest BCUT2D eigenvalue weighted by molar-refractivity contribution is 6.01. The van der Waals surface area contributed by atoms with Gasteiger partial charge in [0.05, 0.1) is 11.7 Å². The predicted molar refractivity (Wildman–Crippen MR) is 65.8 cm³/mol. The summed E-state index contributed by atoms with van der Waals surface area (Å²) in [6.07, 6.45) is 2.03. The van der Waals surface area contributed by atoms with Gasteiger partial charge in [-0.05, 0) is 37.6 Å². The summed E-state index contributed by atoms with van der Waals surface area (Å²) in [5.41, 5.74) is 1.70. The van der Waals surface area contributed by atoms with Crippen molar-refractivity contribution in [3.05, 3.63) is 23.8 Å². The first kappa shape index (κ1) is 10.6. The molecular formula is C13H16N2O2. The molecular weight excluding hydrogens is 216 g/mol. The summed E-state index contributed by atoms with van der Waals surface area (Å²) in [6, 6.07) is 5.63. The molecule has 1 fully saturated rings. The molecule has 90 valence electrons. The van der Waals surface area contributed by atoms with Gasteiger partial charge in [-0.2, -0.15) is 0 Å². The Hall–Kier alpha value is -1.55. The first-order valence-corrected chi connectivity index (χ1v) is 6.13. The smallest absolute Gasteiger partial charge is 0.179 e. The van der Waals surface area contributed by atoms with Crippen molar-refractivity contribution in [3.63, 3.8) is 0 Å². The number of nitrogens with one attached hydrogen (secondary N) is 2. The lowest BCUT2D eigenvalue weighted by Crippen LogP contribution is -2.30. The molecule has 4 nitrogen and oxygen atoms in total. The van der Waals surface area contributed by atoms with Crippen LogP contribution >= 0.6 is 0 Å². The zero-order valence-corrected chi connectivity index (χ0v) is 9.66. The molecule has 1 saturated heterocycles. The molecule has 2 heterocycles. The summed E-state index contributed by atoms with van der Waals surface area (Å²) in [4.78, 5) is 12.2. The van der Waals surface area contributed by atoms with E-state index in [9.17, 15) is 4.79 Å². The van der Waals surface area contributed by atoms with E-state index in [0.717, 1.165) is 42.9 Å². The van der Waals surface area contributed by atoms with Crippen molar-refractivity contribution >= 4 is 11.5 Å². The average Bonchev–Trinajstić information content (AvgIpc) is 2.91. The first-order chi connectivity index (χ1) is 8.34. The molecule has 2 N–H and O–H groups in total. The van der Waals surface area contributed by atoms with Gasteiger partial charge >= 0.3 is 0 Å². The summed E-state index contributed by atoms with van der Waals surface area (Å²) in [6.45, 7) is 2.43. The van der Waals surface area contributed by atoms with E-state index < -0.39 is 0 Å². The molecule has 0 radical (unpaired) electrons. The minimum Gasteiger partial charge on any atom is -0.490 e. The summed E-state index contributed by atoms with van der Waals surface area (Å²) in [5.74, 6) is 1.03. The lowest BCUT2D eigenvalue weighted by Gasteiger charge is -2.20. The zero-order valence-electron chi connectivity index (χ0n) is 9.66. The van der Waals surface area contributed by atoms with Crippen LogP contribution in [-0.4, -0.2) is 31.5 Å². The number of carbonyl (C=O) groups excluding carboxylic acids is 1. The van der Waals surface area contributed by atoms with Crippen LogP contribution < -0.4 is 15.4 Å². The van der Waals surface area contributed by atoms with E-state index in [1.165, 1.54) is 0 Å². The van der Waals surface area contributed by atoms with Crippen molar-refractivity contribution in [1.29, 1.82) is 0 Å². The molecule has 0 bridgehead atoms. The number of ketones is 1. The van der Waals surface area contributed by atoms with Crippen molar-refractivity contribution in [2.45, 2.75) is 18.9 Å². The Labute approximate surface area is 100 Å². The van der Waals surface area contributed by atoms with Crippen molar-refractivity contribution in [3.8, 4) is 5.75 Å². The van der Waals surface area contributed by atoms with Gasteiger partial charge in [-0.15, -0.1) is 0 Å². The van der Waals surface area contributed by atoms with Crippen LogP contribution in [0.25, 0.3) is 0 Å². The van der Waals surface area contributed by atoms with Crippen LogP contribution in [0.1, 0.15) is 23.2 Å². The molecule has 17 heavy (non-hydrogen) atoms. The molecule has 3 rings (SSSR count). The number of rotatable bonds is 2. The quantitative estimate of drug-likeness (QED) is 0.757. The third kappa shape index (κ3) is 2.00. The number of fused-ring (bicyclic) bond motifs is 1. The number of ether oxygens (including phenoxy) is 1. The van der Waals surface area contributed by atoms with E-state index in [-0.39, 0.29) is 11.8 Å². The van der Waals surface area contributed by atoms with E-state index in [0.29, 0.717) is 6.61 Å². The van der Waals surface area contributed by atoms with E-state index >= 15 is 0 Å². The minimum atomic E-state index is -0.00226. The lowest BCUT2D eigenvalue weighted by molar-refractivity contribution is 0.0952. The average molecular weight is 232 g/mol. The van der Waals surface area contributed by atoms with Gasteiger partial charge in [-0.1, -0.05) is 0 Å². The Kier molecular flexibility index (Phi) is 2.73. The Morgan fingerprint density at radius 2 is 2.29 bits per heavy atom. The number of Topliss-reactive ketones (excluding diaryl/α,β-unsaturated/α-hetero) is 1. The van der Waals surface area contributed by atoms with E-state index in [1.54, 1.807) is 0 Å². The molecule has 0 aromatic heterocycles. The van der Waals surface area contributed by atoms with Gasteiger partial charge in [0, 0.05) is 12.1 Å². The van der Waals surface area contributed by atoms with Crippen molar-refractivity contribution in [2.75, 3.05) is 25.0 Å². The fraction of sp³-hybridized carbons (Fsp3) is 0.462. The number of anilines is 1. The monoisotopic (exact) mass is 232 g/mol. The second kappa shape index (κ2) is 4.37. The SMILES string of the molecule is O=C(c1ccc2c(c1)NCCO2)C1CCCN1. The standard InChI is InChI=1S/C13H16N2O2/c16-13(10-2-1-5-14-10)9-3-4-12-11(8-9)15-6-7-17-12/h3-4,8,10,14-15H,1-2,5-7H2. The number of hydrogen-bond acceptors (Lipinski definition) is 4. The fourth-order valence-electron chi connectivity index (χ4n) is 2.40. The predicted octanol–water partition coefficient (Wildman–Crippen LogP) is 1.43. The van der Waals surface area contributed by atoms with Crippen LogP contribution in [0.2, 0.25) is 0 Å². The van der Waals surface area contributed by atoms with Crippen molar-refractivity contribution in [1.82, 2.24) is 5.32 Å². The van der Waals surface area contributed by atoms with Gasteiger partial charge in [0.15, 0.2) is 5.78 Å². The van der Waals surface area contributed by atoms with Gasteiger partial charge in [-0.25, -0.2) is 0 Å². The second-order valence-corrected chi connectivity index (χ2v) is 4.50. The number of benzene rings is 1. The molecule has 0 spiro atoms. The molecule has 1 unspecified atom stereocenters. The summed E-state index contributed by atoms with van der Waals surface area (Å²) >= 11 is 0. The Morgan fingerprint density at radius 1 is 1.35 bits per heavy atom. The Morgan fingerprint density at radius 3 is 3.12 bits per heavy atom. The highest BCUT2D eigenvalue weighted by atomic mass is 16.5. The largest absolute Gasteiger partial charge is 0.490 e. The topological polar surface area (TPSA) is 50.4 Å². The summed E-state index contributed by atoms with van der Waals surface area (Å²) in [5, 5.41) is 6.48. The molecule has 1 atom stereocenters. The van der Waals surface area contributed by atoms with Crippen LogP contribution in [0, 0.1) is 0 Å². The van der Waals surface area contributed by atoms with Gasteiger partial charge in [0.1, 0.15) is 12.4 Å². The molecule has 4 heteroatoms. The molecule has 0 amide bonds. The Bertz CT molecular complexity index is 439. The summed E-state index contributed by atoms with van der Waals surface area (Å²) in [7, 11) is 0. The molecule has 2 aliphatic rings. The van der Waals surface area contributed by atoms with Crippen LogP contribution in [0.4, 0.5) is 5.69 Å². The fourth-order valence-corrected chi connectivity index (χ4v) is 2.40. The maximum atomic E-state index is 12.2. The minimum absolute atomic E-state index is 0.00226. The van der Waals surface area contributed by atoms with E-state index in [4.69, 9.17) is 4.74 Å². The number of carbonyl (C=O) groups is 1. The molecule has 1 aromatic rings. The molecule has 2 aliphatic heterocycles. The first-order valence-electron chi connectivity index (χ1n) is 6.13. The number of hydrogen-bond donors (Lipinski definition) is 2. The maximum Gasteiger partial charge on any atom is 0.179 e. The lowest BCUT2D eigenvalue weighted by atomic mass is 10.0. The Balaban J connectivity index is 1.85. The van der Waals surface area contributed by atoms with E-state index in [1.807, 2.05) is 18.2 Å². The van der Waals surface area contributed by atoms with Crippen LogP contribution in [0.3, 0.4) is 0 Å². The molecule has 0 saturated carbocycles. The van der Waals surface area contributed by atoms with Crippen LogP contribution in [-0.2, 0) is 0 Å². The second-order valence-electron chi connectivity index (χ2n) is 4.50. The van der Waals surface area contributed by atoms with Gasteiger partial charge in [0.2, 0.25) is 0 Å². The molecule has 1 aromatic carbocycles. The van der Waals surface area contributed by atoms with Crippen molar-refractivity contribution in [2.24, 2.45) is 0 Å². The van der Waals surface area contributed by atoms with E-state index in [2.05, 4.69) is 10.6 Å². The third-order valence-electron chi connectivity index (χ3n) is 3.32. The van der Waals surface area contributed by atoms with Gasteiger partial charge in [-0.3, -0.25) is 4.79 Å². The van der Waals surface area contributed by atoms with Gasteiger partial charge < -0.3 is 15.4 Å². The van der Waals surface area contributed by atoms with Crippen molar-refractivity contribution < 1.29 is 9.53 Å². The normalized spacial score (nSPS) is 22.5. The highest BCUT2D eigenvalue weighted by Gasteiger charge is 2.24. The zero-order chi connectivity index (χ0) is 11.7. The third-order valence-corrected chi connectivity index (χ3v) is 3.32. The highest BCUT2D eigenvalue weighted by Crippen LogP contribution is 2.28.